The van der Waals surface area contributed by atoms with Gasteiger partial charge in [0.25, 0.3) is 11.8 Å². The monoisotopic (exact) mass is 425 g/mol. The summed E-state index contributed by atoms with van der Waals surface area (Å²) in [6.07, 6.45) is 0. The summed E-state index contributed by atoms with van der Waals surface area (Å²) in [6, 6.07) is 21.0. The van der Waals surface area contributed by atoms with E-state index >= 15 is 0 Å². The van der Waals surface area contributed by atoms with E-state index in [0.717, 1.165) is 33.6 Å². The largest absolute Gasteiger partial charge is 0.378 e. The molecule has 32 heavy (non-hydrogen) atoms. The van der Waals surface area contributed by atoms with E-state index < -0.39 is 0 Å². The van der Waals surface area contributed by atoms with Crippen molar-refractivity contribution in [3.63, 3.8) is 0 Å². The lowest BCUT2D eigenvalue weighted by atomic mass is 9.99. The summed E-state index contributed by atoms with van der Waals surface area (Å²) in [4.78, 5) is 30.5. The number of hydrogen-bond donors (Lipinski definition) is 1. The number of benzene rings is 3. The summed E-state index contributed by atoms with van der Waals surface area (Å²) in [7, 11) is 3.85. The fraction of sp³-hybridized carbons (Fsp3) is 0.185. The summed E-state index contributed by atoms with van der Waals surface area (Å²) < 4.78 is 0. The van der Waals surface area contributed by atoms with E-state index in [9.17, 15) is 9.59 Å². The number of imide groups is 1. The van der Waals surface area contributed by atoms with E-state index in [1.54, 1.807) is 6.07 Å². The number of carbonyl (C=O) groups is 2. The Morgan fingerprint density at radius 1 is 0.750 bits per heavy atom. The molecule has 1 N–H and O–H groups in total. The molecule has 4 rings (SSSR count). The molecule has 3 aromatic rings. The molecule has 0 radical (unpaired) electrons. The van der Waals surface area contributed by atoms with Gasteiger partial charge in [-0.25, -0.2) is 4.90 Å². The maximum Gasteiger partial charge on any atom is 0.282 e. The van der Waals surface area contributed by atoms with Crippen LogP contribution in [0.25, 0.3) is 5.57 Å². The van der Waals surface area contributed by atoms with Crippen molar-refractivity contribution in [3.05, 3.63) is 94.7 Å². The third-order valence-corrected chi connectivity index (χ3v) is 5.89. The Hall–Kier alpha value is -3.86. The van der Waals surface area contributed by atoms with Crippen molar-refractivity contribution in [2.75, 3.05) is 29.2 Å². The minimum atomic E-state index is -0.359. The Balaban J connectivity index is 1.85. The molecule has 0 aromatic heterocycles. The highest BCUT2D eigenvalue weighted by Crippen LogP contribution is 2.35. The molecule has 0 saturated heterocycles. The Morgan fingerprint density at radius 3 is 2.19 bits per heavy atom. The first-order valence-corrected chi connectivity index (χ1v) is 10.6. The van der Waals surface area contributed by atoms with E-state index in [0.29, 0.717) is 17.0 Å². The van der Waals surface area contributed by atoms with Gasteiger partial charge in [-0.1, -0.05) is 42.5 Å². The van der Waals surface area contributed by atoms with Crippen molar-refractivity contribution in [1.82, 2.24) is 0 Å². The van der Waals surface area contributed by atoms with Crippen molar-refractivity contribution >= 4 is 34.4 Å². The van der Waals surface area contributed by atoms with Crippen molar-refractivity contribution in [2.24, 2.45) is 0 Å². The zero-order valence-corrected chi connectivity index (χ0v) is 19.1. The number of nitrogens with zero attached hydrogens (tertiary/aromatic N) is 2. The van der Waals surface area contributed by atoms with Crippen LogP contribution in [0, 0.1) is 20.8 Å². The van der Waals surface area contributed by atoms with Crippen molar-refractivity contribution in [3.8, 4) is 0 Å². The number of nitrogens with one attached hydrogen (secondary N) is 1. The van der Waals surface area contributed by atoms with Gasteiger partial charge in [-0.05, 0) is 67.3 Å². The number of hydrogen-bond acceptors (Lipinski definition) is 4. The lowest BCUT2D eigenvalue weighted by molar-refractivity contribution is -0.120. The number of carbonyl (C=O) groups excluding carboxylic acids is 2. The maximum atomic E-state index is 13.7. The molecule has 0 bridgehead atoms. The molecule has 5 nitrogen and oxygen atoms in total. The SMILES string of the molecule is Cc1ccc(C2=C(Nc3ccccc3C)C(=O)N(c3cccc(N(C)C)c3)C2=O)cc1C. The smallest absolute Gasteiger partial charge is 0.282 e. The average Bonchev–Trinajstić information content (AvgIpc) is 3.01. The molecular formula is C27H27N3O2. The average molecular weight is 426 g/mol. The molecule has 1 heterocycles. The van der Waals surface area contributed by atoms with Crippen LogP contribution in [0.15, 0.2) is 72.4 Å². The van der Waals surface area contributed by atoms with Crippen LogP contribution in [-0.4, -0.2) is 25.9 Å². The summed E-state index contributed by atoms with van der Waals surface area (Å²) in [5.41, 5.74) is 6.87. The second-order valence-electron chi connectivity index (χ2n) is 8.35. The fourth-order valence-corrected chi connectivity index (χ4v) is 3.80. The van der Waals surface area contributed by atoms with Gasteiger partial charge in [0.1, 0.15) is 5.70 Å². The van der Waals surface area contributed by atoms with Crippen molar-refractivity contribution in [1.29, 1.82) is 0 Å². The first kappa shape index (κ1) is 21.4. The second-order valence-corrected chi connectivity index (χ2v) is 8.35. The zero-order chi connectivity index (χ0) is 23.0. The van der Waals surface area contributed by atoms with Gasteiger partial charge in [-0.2, -0.15) is 0 Å². The first-order chi connectivity index (χ1) is 15.3. The van der Waals surface area contributed by atoms with E-state index in [1.165, 1.54) is 4.90 Å². The van der Waals surface area contributed by atoms with Crippen LogP contribution in [0.2, 0.25) is 0 Å². The third-order valence-electron chi connectivity index (χ3n) is 5.89. The predicted octanol–water partition coefficient (Wildman–Crippen LogP) is 5.07. The van der Waals surface area contributed by atoms with Gasteiger partial charge in [0.05, 0.1) is 11.3 Å². The Labute approximate surface area is 189 Å². The standard InChI is InChI=1S/C27H27N3O2/c1-17-13-14-20(15-19(17)3)24-25(28-23-12-7-6-9-18(23)2)27(32)30(26(24)31)22-11-8-10-21(16-22)29(4)5/h6-16,28H,1-5H3. The normalized spacial score (nSPS) is 13.7. The van der Waals surface area contributed by atoms with E-state index in [1.807, 2.05) is 100 Å². The van der Waals surface area contributed by atoms with Gasteiger partial charge in [-0.15, -0.1) is 0 Å². The lowest BCUT2D eigenvalue weighted by Gasteiger charge is -2.19. The van der Waals surface area contributed by atoms with Crippen LogP contribution in [-0.2, 0) is 9.59 Å². The molecule has 0 unspecified atom stereocenters. The molecule has 162 valence electrons. The van der Waals surface area contributed by atoms with Gasteiger partial charge in [-0.3, -0.25) is 9.59 Å². The highest BCUT2D eigenvalue weighted by molar-refractivity contribution is 6.46. The molecule has 0 atom stereocenters. The molecule has 2 amide bonds. The molecule has 3 aromatic carbocycles. The van der Waals surface area contributed by atoms with Crippen molar-refractivity contribution < 1.29 is 9.59 Å². The van der Waals surface area contributed by atoms with E-state index in [2.05, 4.69) is 5.32 Å². The molecule has 0 saturated carbocycles. The summed E-state index contributed by atoms with van der Waals surface area (Å²) >= 11 is 0. The molecule has 0 aliphatic carbocycles. The Kier molecular flexibility index (Phi) is 5.57. The number of anilines is 3. The van der Waals surface area contributed by atoms with Crippen LogP contribution >= 0.6 is 0 Å². The summed E-state index contributed by atoms with van der Waals surface area (Å²) in [5, 5.41) is 3.27. The molecule has 1 aliphatic heterocycles. The van der Waals surface area contributed by atoms with Crippen LogP contribution in [0.3, 0.4) is 0 Å². The van der Waals surface area contributed by atoms with Gasteiger partial charge < -0.3 is 10.2 Å². The zero-order valence-electron chi connectivity index (χ0n) is 19.1. The van der Waals surface area contributed by atoms with E-state index in [4.69, 9.17) is 0 Å². The minimum absolute atomic E-state index is 0.294. The number of aryl methyl sites for hydroxylation is 3. The molecule has 0 fully saturated rings. The quantitative estimate of drug-likeness (QED) is 0.580. The highest BCUT2D eigenvalue weighted by atomic mass is 16.2. The van der Waals surface area contributed by atoms with Gasteiger partial charge in [0, 0.05) is 25.5 Å². The van der Waals surface area contributed by atoms with Crippen molar-refractivity contribution in [2.45, 2.75) is 20.8 Å². The predicted molar refractivity (Wildman–Crippen MR) is 131 cm³/mol. The molecule has 0 spiro atoms. The number of amides is 2. The van der Waals surface area contributed by atoms with Crippen LogP contribution < -0.4 is 15.1 Å². The van der Waals surface area contributed by atoms with Gasteiger partial charge in [0.2, 0.25) is 0 Å². The fourth-order valence-electron chi connectivity index (χ4n) is 3.80. The molecular weight excluding hydrogens is 398 g/mol. The lowest BCUT2D eigenvalue weighted by Crippen LogP contribution is -2.32. The number of rotatable bonds is 5. The molecule has 5 heteroatoms. The van der Waals surface area contributed by atoms with Crippen LogP contribution in [0.5, 0.6) is 0 Å². The topological polar surface area (TPSA) is 52.7 Å². The number of para-hydroxylation sites is 1. The summed E-state index contributed by atoms with van der Waals surface area (Å²) in [6.45, 7) is 6.01. The highest BCUT2D eigenvalue weighted by Gasteiger charge is 2.40. The maximum absolute atomic E-state index is 13.7. The van der Waals surface area contributed by atoms with Gasteiger partial charge >= 0.3 is 0 Å². The minimum Gasteiger partial charge on any atom is -0.378 e. The van der Waals surface area contributed by atoms with E-state index in [-0.39, 0.29) is 11.8 Å². The third kappa shape index (κ3) is 3.78. The molecule has 1 aliphatic rings. The Bertz CT molecular complexity index is 1260. The van der Waals surface area contributed by atoms with Gasteiger partial charge in [0.15, 0.2) is 0 Å². The van der Waals surface area contributed by atoms with Crippen LogP contribution in [0.4, 0.5) is 17.1 Å². The second kappa shape index (κ2) is 8.35. The summed E-state index contributed by atoms with van der Waals surface area (Å²) in [5.74, 6) is -0.687. The Morgan fingerprint density at radius 2 is 1.50 bits per heavy atom. The first-order valence-electron chi connectivity index (χ1n) is 10.6. The van der Waals surface area contributed by atoms with Crippen LogP contribution in [0.1, 0.15) is 22.3 Å².